The third kappa shape index (κ3) is 3.39. The monoisotopic (exact) mass is 434 g/mol. The number of ether oxygens (including phenoxy) is 4. The molecule has 7 heteroatoms. The second kappa shape index (κ2) is 8.07. The van der Waals surface area contributed by atoms with Gasteiger partial charge >= 0.3 is 5.97 Å². The summed E-state index contributed by atoms with van der Waals surface area (Å²) in [4.78, 5) is 19.1. The SMILES string of the molecule is COc1cc(C2=N/C(=C/C=C3/N(C)c4ccccc4C3(C)C)C(=O)O2)cc(OC)c1OC. The van der Waals surface area contributed by atoms with E-state index in [1.54, 1.807) is 18.2 Å². The molecule has 0 radical (unpaired) electrons. The van der Waals surface area contributed by atoms with Gasteiger partial charge in [0.05, 0.1) is 21.3 Å². The first-order valence-corrected chi connectivity index (χ1v) is 10.2. The van der Waals surface area contributed by atoms with Crippen LogP contribution in [0, 0.1) is 0 Å². The number of nitrogens with zero attached hydrogens (tertiary/aromatic N) is 2. The molecule has 2 heterocycles. The summed E-state index contributed by atoms with van der Waals surface area (Å²) in [7, 11) is 6.61. The fourth-order valence-corrected chi connectivity index (χ4v) is 4.21. The molecule has 2 aromatic carbocycles. The van der Waals surface area contributed by atoms with Crippen LogP contribution >= 0.6 is 0 Å². The van der Waals surface area contributed by atoms with E-state index in [4.69, 9.17) is 18.9 Å². The number of allylic oxidation sites excluding steroid dienone is 3. The van der Waals surface area contributed by atoms with Crippen molar-refractivity contribution in [2.24, 2.45) is 4.99 Å². The molecule has 0 unspecified atom stereocenters. The highest BCUT2D eigenvalue weighted by atomic mass is 16.6. The molecule has 0 aromatic heterocycles. The van der Waals surface area contributed by atoms with Crippen molar-refractivity contribution >= 4 is 17.6 Å². The predicted molar refractivity (Wildman–Crippen MR) is 123 cm³/mol. The van der Waals surface area contributed by atoms with Crippen LogP contribution in [0.2, 0.25) is 0 Å². The van der Waals surface area contributed by atoms with Gasteiger partial charge in [0.15, 0.2) is 17.2 Å². The fourth-order valence-electron chi connectivity index (χ4n) is 4.21. The number of hydrogen-bond acceptors (Lipinski definition) is 7. The smallest absolute Gasteiger partial charge is 0.363 e. The zero-order valence-electron chi connectivity index (χ0n) is 19.1. The molecule has 0 atom stereocenters. The number of aliphatic imine (C=N–C) groups is 1. The van der Waals surface area contributed by atoms with Gasteiger partial charge in [0.2, 0.25) is 11.6 Å². The molecule has 0 N–H and O–H groups in total. The number of carbonyl (C=O) groups is 1. The molecule has 2 aliphatic heterocycles. The quantitative estimate of drug-likeness (QED) is 0.519. The lowest BCUT2D eigenvalue weighted by Gasteiger charge is -2.23. The Balaban J connectivity index is 1.70. The lowest BCUT2D eigenvalue weighted by Crippen LogP contribution is -2.22. The van der Waals surface area contributed by atoms with Crippen LogP contribution in [0.1, 0.15) is 25.0 Å². The fraction of sp³-hybridized carbons (Fsp3) is 0.280. The summed E-state index contributed by atoms with van der Waals surface area (Å²) in [5.74, 6) is 1.03. The van der Waals surface area contributed by atoms with Crippen LogP contribution in [-0.2, 0) is 14.9 Å². The number of benzene rings is 2. The largest absolute Gasteiger partial charge is 0.493 e. The van der Waals surface area contributed by atoms with E-state index >= 15 is 0 Å². The highest BCUT2D eigenvalue weighted by Crippen LogP contribution is 2.46. The number of likely N-dealkylation sites (N-methyl/N-ethyl adjacent to an activating group) is 1. The minimum absolute atomic E-state index is 0.182. The van der Waals surface area contributed by atoms with Crippen molar-refractivity contribution in [3.8, 4) is 17.2 Å². The van der Waals surface area contributed by atoms with Gasteiger partial charge in [-0.1, -0.05) is 32.0 Å². The van der Waals surface area contributed by atoms with Gasteiger partial charge in [-0.05, 0) is 35.9 Å². The number of anilines is 1. The first-order valence-electron chi connectivity index (χ1n) is 10.2. The van der Waals surface area contributed by atoms with Crippen molar-refractivity contribution in [2.75, 3.05) is 33.3 Å². The summed E-state index contributed by atoms with van der Waals surface area (Å²) < 4.78 is 21.6. The molecule has 0 bridgehead atoms. The Morgan fingerprint density at radius 2 is 1.66 bits per heavy atom. The van der Waals surface area contributed by atoms with Gasteiger partial charge < -0.3 is 23.8 Å². The molecular weight excluding hydrogens is 408 g/mol. The molecule has 0 amide bonds. The van der Waals surface area contributed by atoms with Gasteiger partial charge in [-0.15, -0.1) is 0 Å². The third-order valence-electron chi connectivity index (χ3n) is 5.87. The lowest BCUT2D eigenvalue weighted by atomic mass is 9.84. The van der Waals surface area contributed by atoms with Crippen molar-refractivity contribution in [3.63, 3.8) is 0 Å². The molecular formula is C25H26N2O5. The topological polar surface area (TPSA) is 69.6 Å². The maximum atomic E-state index is 12.5. The van der Waals surface area contributed by atoms with Crippen molar-refractivity contribution in [1.29, 1.82) is 0 Å². The minimum atomic E-state index is -0.512. The van der Waals surface area contributed by atoms with Crippen molar-refractivity contribution in [1.82, 2.24) is 0 Å². The van der Waals surface area contributed by atoms with Crippen LogP contribution in [0.25, 0.3) is 0 Å². The van der Waals surface area contributed by atoms with E-state index in [-0.39, 0.29) is 17.0 Å². The van der Waals surface area contributed by atoms with Gasteiger partial charge in [0.1, 0.15) is 0 Å². The van der Waals surface area contributed by atoms with Crippen LogP contribution in [0.4, 0.5) is 5.69 Å². The Morgan fingerprint density at radius 1 is 1.00 bits per heavy atom. The van der Waals surface area contributed by atoms with Gasteiger partial charge in [-0.25, -0.2) is 9.79 Å². The average Bonchev–Trinajstić information content (AvgIpc) is 3.26. The van der Waals surface area contributed by atoms with Crippen molar-refractivity contribution in [2.45, 2.75) is 19.3 Å². The normalized spacial score (nSPS) is 19.1. The maximum absolute atomic E-state index is 12.5. The van der Waals surface area contributed by atoms with Crippen LogP contribution < -0.4 is 19.1 Å². The summed E-state index contributed by atoms with van der Waals surface area (Å²) in [5, 5.41) is 0. The standard InChI is InChI=1S/C25H26N2O5/c1-25(2)16-9-7-8-10-18(16)27(3)21(25)12-11-17-24(28)32-23(26-17)15-13-19(29-4)22(31-6)20(14-15)30-5/h7-14H,1-6H3/b17-11+,21-12+. The molecule has 32 heavy (non-hydrogen) atoms. The highest BCUT2D eigenvalue weighted by Gasteiger charge is 2.38. The average molecular weight is 434 g/mol. The highest BCUT2D eigenvalue weighted by molar-refractivity contribution is 6.11. The van der Waals surface area contributed by atoms with Crippen LogP contribution in [0.5, 0.6) is 17.2 Å². The number of methoxy groups -OCH3 is 3. The van der Waals surface area contributed by atoms with E-state index in [9.17, 15) is 4.79 Å². The first kappa shape index (κ1) is 21.5. The molecule has 0 fully saturated rings. The second-order valence-electron chi connectivity index (χ2n) is 8.03. The number of cyclic esters (lactones) is 1. The van der Waals surface area contributed by atoms with Gasteiger partial charge in [0.25, 0.3) is 0 Å². The number of para-hydroxylation sites is 1. The summed E-state index contributed by atoms with van der Waals surface area (Å²) in [6.45, 7) is 4.33. The molecule has 166 valence electrons. The van der Waals surface area contributed by atoms with E-state index in [0.29, 0.717) is 22.8 Å². The molecule has 0 saturated heterocycles. The molecule has 7 nitrogen and oxygen atoms in total. The second-order valence-corrected chi connectivity index (χ2v) is 8.03. The number of esters is 1. The Kier molecular flexibility index (Phi) is 5.42. The number of hydrogen-bond donors (Lipinski definition) is 0. The maximum Gasteiger partial charge on any atom is 0.363 e. The summed E-state index contributed by atoms with van der Waals surface area (Å²) in [6.07, 6.45) is 3.63. The Labute approximate surface area is 187 Å². The van der Waals surface area contributed by atoms with Crippen LogP contribution in [0.15, 0.2) is 64.9 Å². The zero-order valence-corrected chi connectivity index (χ0v) is 19.1. The summed E-state index contributed by atoms with van der Waals surface area (Å²) in [5.41, 5.74) is 4.03. The molecule has 2 aromatic rings. The van der Waals surface area contributed by atoms with Gasteiger partial charge in [-0.3, -0.25) is 0 Å². The minimum Gasteiger partial charge on any atom is -0.493 e. The molecule has 2 aliphatic rings. The number of rotatable bonds is 5. The number of fused-ring (bicyclic) bond motifs is 1. The van der Waals surface area contributed by atoms with E-state index < -0.39 is 5.97 Å². The van der Waals surface area contributed by atoms with E-state index in [1.807, 2.05) is 25.3 Å². The van der Waals surface area contributed by atoms with Gasteiger partial charge in [0, 0.05) is 29.4 Å². The Hall–Kier alpha value is -3.74. The molecule has 0 spiro atoms. The van der Waals surface area contributed by atoms with E-state index in [2.05, 4.69) is 35.9 Å². The van der Waals surface area contributed by atoms with Crippen molar-refractivity contribution < 1.29 is 23.7 Å². The molecule has 0 saturated carbocycles. The van der Waals surface area contributed by atoms with Crippen LogP contribution in [0.3, 0.4) is 0 Å². The van der Waals surface area contributed by atoms with E-state index in [0.717, 1.165) is 11.4 Å². The van der Waals surface area contributed by atoms with Crippen molar-refractivity contribution in [3.05, 3.63) is 71.1 Å². The molecule has 0 aliphatic carbocycles. The van der Waals surface area contributed by atoms with Gasteiger partial charge in [-0.2, -0.15) is 0 Å². The van der Waals surface area contributed by atoms with Crippen LogP contribution in [-0.4, -0.2) is 40.2 Å². The molecule has 4 rings (SSSR count). The predicted octanol–water partition coefficient (Wildman–Crippen LogP) is 4.21. The Morgan fingerprint density at radius 3 is 2.25 bits per heavy atom. The van der Waals surface area contributed by atoms with E-state index in [1.165, 1.54) is 26.9 Å². The first-order chi connectivity index (χ1) is 15.3. The summed E-state index contributed by atoms with van der Waals surface area (Å²) >= 11 is 0. The third-order valence-corrected chi connectivity index (χ3v) is 5.87. The summed E-state index contributed by atoms with van der Waals surface area (Å²) in [6, 6.07) is 11.7. The number of carbonyl (C=O) groups excluding carboxylic acids is 1. The lowest BCUT2D eigenvalue weighted by molar-refractivity contribution is -0.130. The Bertz CT molecular complexity index is 1150. The zero-order chi connectivity index (χ0) is 23.0.